The lowest BCUT2D eigenvalue weighted by Gasteiger charge is -2.48. The quantitative estimate of drug-likeness (QED) is 0.345. The zero-order valence-corrected chi connectivity index (χ0v) is 20.2. The van der Waals surface area contributed by atoms with E-state index in [0.29, 0.717) is 23.9 Å². The molecule has 0 aromatic carbocycles. The van der Waals surface area contributed by atoms with Crippen LogP contribution in [0.2, 0.25) is 5.15 Å². The molecule has 33 heavy (non-hydrogen) atoms. The standard InChI is InChI=1S/C21H24ClF2N5O3S/c1-21(2,3)32-20(30)29-9-5-6-10(29)15-11(7-23)31-18-12-14(13(24)16(22)26-18)25-19(33-4)27-17(12)28(15)8-9/h9-11,15H,5-8H2,1-4H3. The molecule has 0 radical (unpaired) electrons. The van der Waals surface area contributed by atoms with Gasteiger partial charge >= 0.3 is 6.09 Å². The molecule has 8 nitrogen and oxygen atoms in total. The fourth-order valence-corrected chi connectivity index (χ4v) is 5.58. The van der Waals surface area contributed by atoms with E-state index in [0.717, 1.165) is 6.42 Å². The van der Waals surface area contributed by atoms with Crippen molar-refractivity contribution in [3.05, 3.63) is 11.0 Å². The summed E-state index contributed by atoms with van der Waals surface area (Å²) in [5.41, 5.74) is -0.673. The smallest absolute Gasteiger partial charge is 0.410 e. The van der Waals surface area contributed by atoms with Crippen LogP contribution in [0.5, 0.6) is 5.88 Å². The zero-order chi connectivity index (χ0) is 23.7. The molecule has 178 valence electrons. The van der Waals surface area contributed by atoms with Crippen molar-refractivity contribution in [2.24, 2.45) is 0 Å². The van der Waals surface area contributed by atoms with Crippen LogP contribution < -0.4 is 9.64 Å². The van der Waals surface area contributed by atoms with Gasteiger partial charge in [-0.1, -0.05) is 23.4 Å². The number of hydrogen-bond acceptors (Lipinski definition) is 8. The predicted molar refractivity (Wildman–Crippen MR) is 120 cm³/mol. The highest BCUT2D eigenvalue weighted by Crippen LogP contribution is 2.46. The van der Waals surface area contributed by atoms with Crippen molar-refractivity contribution in [3.8, 4) is 5.88 Å². The molecule has 3 aliphatic heterocycles. The molecule has 2 aromatic heterocycles. The molecule has 2 aromatic rings. The number of fused-ring (bicyclic) bond motifs is 5. The van der Waals surface area contributed by atoms with Gasteiger partial charge in [-0.25, -0.2) is 23.5 Å². The summed E-state index contributed by atoms with van der Waals surface area (Å²) >= 11 is 7.28. The monoisotopic (exact) mass is 499 g/mol. The maximum absolute atomic E-state index is 15.0. The highest BCUT2D eigenvalue weighted by atomic mass is 35.5. The number of halogens is 3. The van der Waals surface area contributed by atoms with Crippen molar-refractivity contribution in [2.45, 2.75) is 68.6 Å². The number of ether oxygens (including phenoxy) is 2. The minimum Gasteiger partial charge on any atom is -0.469 e. The number of piperazine rings is 1. The Hall–Kier alpha value is -2.14. The first kappa shape index (κ1) is 22.6. The van der Waals surface area contributed by atoms with Crippen LogP contribution in [-0.2, 0) is 4.74 Å². The van der Waals surface area contributed by atoms with Crippen LogP contribution >= 0.6 is 23.4 Å². The van der Waals surface area contributed by atoms with Crippen molar-refractivity contribution in [1.82, 2.24) is 19.9 Å². The van der Waals surface area contributed by atoms with Gasteiger partial charge in [-0.05, 0) is 39.9 Å². The average Bonchev–Trinajstić information content (AvgIpc) is 3.00. The van der Waals surface area contributed by atoms with E-state index < -0.39 is 41.5 Å². The lowest BCUT2D eigenvalue weighted by atomic mass is 9.97. The number of pyridine rings is 1. The van der Waals surface area contributed by atoms with Crippen molar-refractivity contribution in [2.75, 3.05) is 24.4 Å². The van der Waals surface area contributed by atoms with Gasteiger partial charge in [0.2, 0.25) is 5.88 Å². The van der Waals surface area contributed by atoms with Crippen LogP contribution in [0.25, 0.3) is 10.9 Å². The van der Waals surface area contributed by atoms with Crippen LogP contribution in [0.15, 0.2) is 5.16 Å². The molecule has 2 saturated heterocycles. The summed E-state index contributed by atoms with van der Waals surface area (Å²) in [5, 5.41) is 0.216. The fraction of sp³-hybridized carbons (Fsp3) is 0.619. The Kier molecular flexibility index (Phi) is 5.47. The van der Waals surface area contributed by atoms with Crippen LogP contribution in [0.1, 0.15) is 33.6 Å². The predicted octanol–water partition coefficient (Wildman–Crippen LogP) is 4.23. The van der Waals surface area contributed by atoms with Gasteiger partial charge < -0.3 is 14.4 Å². The van der Waals surface area contributed by atoms with Crippen molar-refractivity contribution in [3.63, 3.8) is 0 Å². The maximum atomic E-state index is 15.0. The SMILES string of the molecule is CSc1nc2c3c(nc(Cl)c(F)c3n1)OC(CF)C1C3CCC(CN21)N3C(=O)OC(C)(C)C. The molecule has 0 N–H and O–H groups in total. The molecule has 4 unspecified atom stereocenters. The lowest BCUT2D eigenvalue weighted by molar-refractivity contribution is -0.00224. The summed E-state index contributed by atoms with van der Waals surface area (Å²) in [6.45, 7) is 4.97. The van der Waals surface area contributed by atoms with E-state index >= 15 is 0 Å². The Balaban J connectivity index is 1.66. The van der Waals surface area contributed by atoms with Gasteiger partial charge in [-0.2, -0.15) is 4.98 Å². The van der Waals surface area contributed by atoms with Crippen LogP contribution in [0.3, 0.4) is 0 Å². The Morgan fingerprint density at radius 3 is 2.73 bits per heavy atom. The van der Waals surface area contributed by atoms with E-state index in [-0.39, 0.29) is 28.9 Å². The number of aromatic nitrogens is 3. The van der Waals surface area contributed by atoms with Gasteiger partial charge in [0.25, 0.3) is 0 Å². The number of carbonyl (C=O) groups excluding carboxylic acids is 1. The summed E-state index contributed by atoms with van der Waals surface area (Å²) < 4.78 is 41.0. The van der Waals surface area contributed by atoms with Crippen molar-refractivity contribution in [1.29, 1.82) is 0 Å². The average molecular weight is 500 g/mol. The normalized spacial score (nSPS) is 26.2. The lowest BCUT2D eigenvalue weighted by Crippen LogP contribution is -2.66. The van der Waals surface area contributed by atoms with E-state index in [1.54, 1.807) is 11.2 Å². The highest BCUT2D eigenvalue weighted by molar-refractivity contribution is 7.98. The second kappa shape index (κ2) is 7.97. The Morgan fingerprint density at radius 1 is 1.30 bits per heavy atom. The first-order valence-electron chi connectivity index (χ1n) is 10.7. The van der Waals surface area contributed by atoms with E-state index in [9.17, 15) is 13.6 Å². The molecular formula is C21H24ClF2N5O3S. The number of carbonyl (C=O) groups is 1. The third kappa shape index (κ3) is 3.63. The summed E-state index contributed by atoms with van der Waals surface area (Å²) in [6, 6.07) is -1.09. The van der Waals surface area contributed by atoms with E-state index in [1.807, 2.05) is 25.7 Å². The van der Waals surface area contributed by atoms with Gasteiger partial charge in [-0.15, -0.1) is 0 Å². The zero-order valence-electron chi connectivity index (χ0n) is 18.6. The molecule has 0 spiro atoms. The molecule has 0 saturated carbocycles. The number of anilines is 1. The largest absolute Gasteiger partial charge is 0.469 e. The summed E-state index contributed by atoms with van der Waals surface area (Å²) in [5.74, 6) is -0.358. The molecule has 5 rings (SSSR count). The summed E-state index contributed by atoms with van der Waals surface area (Å²) in [7, 11) is 0. The topological polar surface area (TPSA) is 80.7 Å². The number of hydrogen-bond donors (Lipinski definition) is 0. The first-order chi connectivity index (χ1) is 15.6. The molecule has 2 fully saturated rings. The minimum atomic E-state index is -0.969. The first-order valence-corrected chi connectivity index (χ1v) is 12.3. The maximum Gasteiger partial charge on any atom is 0.410 e. The third-order valence-corrected chi connectivity index (χ3v) is 7.03. The van der Waals surface area contributed by atoms with Crippen LogP contribution in [0, 0.1) is 5.82 Å². The molecule has 4 atom stereocenters. The van der Waals surface area contributed by atoms with Crippen LogP contribution in [0.4, 0.5) is 19.4 Å². The number of alkyl halides is 1. The second-order valence-corrected chi connectivity index (χ2v) is 10.6. The molecule has 1 amide bonds. The minimum absolute atomic E-state index is 0.00389. The molecule has 3 aliphatic rings. The number of thioether (sulfide) groups is 1. The van der Waals surface area contributed by atoms with Crippen molar-refractivity contribution < 1.29 is 23.0 Å². The summed E-state index contributed by atoms with van der Waals surface area (Å²) in [4.78, 5) is 29.7. The van der Waals surface area contributed by atoms with Crippen LogP contribution in [-0.4, -0.2) is 75.3 Å². The van der Waals surface area contributed by atoms with Gasteiger partial charge in [-0.3, -0.25) is 4.90 Å². The number of rotatable bonds is 2. The fourth-order valence-electron chi connectivity index (χ4n) is 5.06. The van der Waals surface area contributed by atoms with Gasteiger partial charge in [0.15, 0.2) is 22.2 Å². The second-order valence-electron chi connectivity index (χ2n) is 9.42. The van der Waals surface area contributed by atoms with Crippen molar-refractivity contribution >= 4 is 46.2 Å². The Morgan fingerprint density at radius 2 is 2.06 bits per heavy atom. The number of nitrogens with zero attached hydrogens (tertiary/aromatic N) is 5. The number of amides is 1. The molecular weight excluding hydrogens is 476 g/mol. The van der Waals surface area contributed by atoms with E-state index in [2.05, 4.69) is 15.0 Å². The van der Waals surface area contributed by atoms with Gasteiger partial charge in [0.1, 0.15) is 29.0 Å². The molecule has 5 heterocycles. The molecule has 2 bridgehead atoms. The van der Waals surface area contributed by atoms with E-state index in [1.165, 1.54) is 11.8 Å². The summed E-state index contributed by atoms with van der Waals surface area (Å²) in [6.07, 6.45) is 1.78. The van der Waals surface area contributed by atoms with Gasteiger partial charge in [0.05, 0.1) is 18.1 Å². The molecule has 0 aliphatic carbocycles. The van der Waals surface area contributed by atoms with E-state index in [4.69, 9.17) is 21.1 Å². The Labute approximate surface area is 199 Å². The highest BCUT2D eigenvalue weighted by Gasteiger charge is 2.54. The Bertz CT molecular complexity index is 1130. The van der Waals surface area contributed by atoms with Gasteiger partial charge in [0, 0.05) is 6.54 Å². The third-order valence-electron chi connectivity index (χ3n) is 6.23. The molecule has 12 heteroatoms.